The van der Waals surface area contributed by atoms with Crippen LogP contribution in [0, 0.1) is 23.0 Å². The first-order chi connectivity index (χ1) is 21.7. The summed E-state index contributed by atoms with van der Waals surface area (Å²) in [5, 5.41) is 20.1. The quantitative estimate of drug-likeness (QED) is 0.297. The summed E-state index contributed by atoms with van der Waals surface area (Å²) in [7, 11) is 3.63. The number of hydrogen-bond donors (Lipinski definition) is 1. The minimum absolute atomic E-state index is 0.0161. The SMILES string of the molecule is CO[C@@H]1C[C@@H](COc2nc(N3CCN(C(=O)O)[C@@H](CC#N)C3)c3cnc(-c4cccc5ccc(F)c(Cl)c45)c(F)c3n2)N(C)C1. The molecule has 2 aliphatic heterocycles. The summed E-state index contributed by atoms with van der Waals surface area (Å²) < 4.78 is 42.7. The van der Waals surface area contributed by atoms with Crippen molar-refractivity contribution in [3.05, 3.63) is 53.2 Å². The molecule has 2 fully saturated rings. The number of carboxylic acid groups (broad SMARTS) is 1. The lowest BCUT2D eigenvalue weighted by Gasteiger charge is -2.39. The largest absolute Gasteiger partial charge is 0.465 e. The number of likely N-dealkylation sites (tertiary alicyclic amines) is 1. The molecule has 0 spiro atoms. The lowest BCUT2D eigenvalue weighted by molar-refractivity contribution is 0.111. The number of nitrogens with zero attached hydrogens (tertiary/aromatic N) is 7. The number of pyridine rings is 1. The molecule has 11 nitrogen and oxygen atoms in total. The fourth-order valence-corrected chi connectivity index (χ4v) is 6.44. The second kappa shape index (κ2) is 12.5. The van der Waals surface area contributed by atoms with Crippen molar-refractivity contribution in [1.82, 2.24) is 24.8 Å². The lowest BCUT2D eigenvalue weighted by atomic mass is 10.0. The summed E-state index contributed by atoms with van der Waals surface area (Å²) in [4.78, 5) is 30.5. The van der Waals surface area contributed by atoms with Crippen molar-refractivity contribution in [3.63, 3.8) is 0 Å². The molecule has 1 N–H and O–H groups in total. The number of amides is 1. The summed E-state index contributed by atoms with van der Waals surface area (Å²) in [5.41, 5.74) is 0.144. The fourth-order valence-electron chi connectivity index (χ4n) is 6.17. The minimum atomic E-state index is -1.12. The highest BCUT2D eigenvalue weighted by atomic mass is 35.5. The van der Waals surface area contributed by atoms with E-state index in [1.807, 2.05) is 7.05 Å². The number of halogens is 3. The van der Waals surface area contributed by atoms with Gasteiger partial charge in [0.2, 0.25) is 0 Å². The van der Waals surface area contributed by atoms with Crippen molar-refractivity contribution < 1.29 is 28.2 Å². The van der Waals surface area contributed by atoms with Gasteiger partial charge in [0, 0.05) is 56.5 Å². The monoisotopic (exact) mass is 637 g/mol. The van der Waals surface area contributed by atoms with Gasteiger partial charge in [0.05, 0.1) is 35.0 Å². The topological polar surface area (TPSA) is 128 Å². The number of fused-ring (bicyclic) bond motifs is 2. The standard InChI is InChI=1S/C31H30ClF2N7O4/c1-39-15-20(44-2)12-19(39)16-45-30-37-28-22(29(38-30)40-10-11-41(31(42)43)18(14-40)8-9-35)13-36-27(26(28)34)21-5-3-4-17-6-7-23(33)25(32)24(17)21/h3-7,13,18-20H,8,10-12,14-16H2,1-2H3,(H,42,43)/t18-,19-,20+/m0/s1. The summed E-state index contributed by atoms with van der Waals surface area (Å²) in [6.07, 6.45) is 1.09. The molecular weight excluding hydrogens is 608 g/mol. The van der Waals surface area contributed by atoms with Crippen LogP contribution in [0.1, 0.15) is 12.8 Å². The van der Waals surface area contributed by atoms with Crippen molar-refractivity contribution in [3.8, 4) is 23.3 Å². The molecule has 0 saturated carbocycles. The molecule has 4 aromatic rings. The number of hydrogen-bond acceptors (Lipinski definition) is 9. The fraction of sp³-hybridized carbons (Fsp3) is 0.387. The van der Waals surface area contributed by atoms with E-state index in [1.54, 1.807) is 36.3 Å². The highest BCUT2D eigenvalue weighted by Crippen LogP contribution is 2.38. The Bertz CT molecular complexity index is 1820. The average molecular weight is 638 g/mol. The van der Waals surface area contributed by atoms with Gasteiger partial charge in [0.1, 0.15) is 29.5 Å². The van der Waals surface area contributed by atoms with Crippen LogP contribution in [0.25, 0.3) is 32.9 Å². The van der Waals surface area contributed by atoms with Gasteiger partial charge in [-0.25, -0.2) is 13.6 Å². The molecule has 45 heavy (non-hydrogen) atoms. The number of nitriles is 1. The second-order valence-corrected chi connectivity index (χ2v) is 11.6. The van der Waals surface area contributed by atoms with Crippen molar-refractivity contribution in [2.24, 2.45) is 0 Å². The number of rotatable bonds is 7. The maximum absolute atomic E-state index is 16.6. The Balaban J connectivity index is 1.46. The smallest absolute Gasteiger partial charge is 0.407 e. The maximum atomic E-state index is 16.6. The number of ether oxygens (including phenoxy) is 2. The van der Waals surface area contributed by atoms with E-state index < -0.39 is 23.8 Å². The van der Waals surface area contributed by atoms with Gasteiger partial charge in [-0.2, -0.15) is 15.2 Å². The van der Waals surface area contributed by atoms with Crippen LogP contribution in [-0.2, 0) is 4.74 Å². The third-order valence-corrected chi connectivity index (χ3v) is 8.95. The molecule has 4 heterocycles. The Kier molecular flexibility index (Phi) is 8.54. The Labute approximate surface area is 262 Å². The van der Waals surface area contributed by atoms with E-state index in [4.69, 9.17) is 21.1 Å². The molecule has 0 bridgehead atoms. The van der Waals surface area contributed by atoms with Crippen molar-refractivity contribution in [2.45, 2.75) is 31.0 Å². The van der Waals surface area contributed by atoms with Gasteiger partial charge < -0.3 is 24.4 Å². The average Bonchev–Trinajstić information content (AvgIpc) is 3.41. The van der Waals surface area contributed by atoms with E-state index in [2.05, 4.69) is 25.9 Å². The number of anilines is 1. The summed E-state index contributed by atoms with van der Waals surface area (Å²) in [6.45, 7) is 1.46. The van der Waals surface area contributed by atoms with Gasteiger partial charge in [-0.05, 0) is 24.9 Å². The van der Waals surface area contributed by atoms with Crippen LogP contribution in [0.2, 0.25) is 5.02 Å². The third-order valence-electron chi connectivity index (χ3n) is 8.58. The van der Waals surface area contributed by atoms with Crippen molar-refractivity contribution in [2.75, 3.05) is 51.8 Å². The first kappa shape index (κ1) is 30.6. The molecular formula is C31H30ClF2N7O4. The van der Waals surface area contributed by atoms with Crippen LogP contribution in [0.3, 0.4) is 0 Å². The van der Waals surface area contributed by atoms with Crippen molar-refractivity contribution >= 4 is 45.2 Å². The van der Waals surface area contributed by atoms with Crippen LogP contribution in [-0.4, -0.2) is 101 Å². The van der Waals surface area contributed by atoms with E-state index >= 15 is 4.39 Å². The molecule has 2 aromatic heterocycles. The van der Waals surface area contributed by atoms with Crippen LogP contribution in [0.4, 0.5) is 19.4 Å². The number of carbonyl (C=O) groups is 1. The number of benzene rings is 2. The zero-order valence-electron chi connectivity index (χ0n) is 24.6. The normalized spacial score (nSPS) is 20.6. The molecule has 234 valence electrons. The van der Waals surface area contributed by atoms with E-state index in [0.29, 0.717) is 22.2 Å². The van der Waals surface area contributed by atoms with Gasteiger partial charge in [-0.1, -0.05) is 35.9 Å². The van der Waals surface area contributed by atoms with Gasteiger partial charge in [0.25, 0.3) is 0 Å². The van der Waals surface area contributed by atoms with Crippen LogP contribution < -0.4 is 9.64 Å². The number of likely N-dealkylation sites (N-methyl/N-ethyl adjacent to an activating group) is 1. The van der Waals surface area contributed by atoms with Gasteiger partial charge >= 0.3 is 12.1 Å². The third kappa shape index (κ3) is 5.77. The summed E-state index contributed by atoms with van der Waals surface area (Å²) in [6, 6.07) is 9.26. The predicted molar refractivity (Wildman–Crippen MR) is 163 cm³/mol. The zero-order valence-corrected chi connectivity index (χ0v) is 25.3. The zero-order chi connectivity index (χ0) is 31.8. The lowest BCUT2D eigenvalue weighted by Crippen LogP contribution is -2.55. The van der Waals surface area contributed by atoms with Crippen LogP contribution >= 0.6 is 11.6 Å². The molecule has 14 heteroatoms. The van der Waals surface area contributed by atoms with Crippen LogP contribution in [0.5, 0.6) is 6.01 Å². The molecule has 3 atom stereocenters. The Hall–Kier alpha value is -4.38. The van der Waals surface area contributed by atoms with Gasteiger partial charge in [-0.15, -0.1) is 0 Å². The molecule has 0 aliphatic carbocycles. The molecule has 2 aromatic carbocycles. The number of aromatic nitrogens is 3. The Morgan fingerprint density at radius 1 is 1.18 bits per heavy atom. The Morgan fingerprint density at radius 3 is 2.73 bits per heavy atom. The number of piperazine rings is 1. The second-order valence-electron chi connectivity index (χ2n) is 11.2. The Morgan fingerprint density at radius 2 is 2.00 bits per heavy atom. The maximum Gasteiger partial charge on any atom is 0.407 e. The van der Waals surface area contributed by atoms with Crippen LogP contribution in [0.15, 0.2) is 36.5 Å². The van der Waals surface area contributed by atoms with Gasteiger partial charge in [-0.3, -0.25) is 9.88 Å². The predicted octanol–water partition coefficient (Wildman–Crippen LogP) is 4.96. The van der Waals surface area contributed by atoms with Gasteiger partial charge in [0.15, 0.2) is 5.82 Å². The summed E-state index contributed by atoms with van der Waals surface area (Å²) in [5.74, 6) is -1.11. The highest BCUT2D eigenvalue weighted by molar-refractivity contribution is 6.36. The van der Waals surface area contributed by atoms with E-state index in [0.717, 1.165) is 13.0 Å². The molecule has 6 rings (SSSR count). The minimum Gasteiger partial charge on any atom is -0.465 e. The van der Waals surface area contributed by atoms with E-state index in [-0.39, 0.29) is 72.4 Å². The van der Waals surface area contributed by atoms with E-state index in [9.17, 15) is 19.6 Å². The summed E-state index contributed by atoms with van der Waals surface area (Å²) >= 11 is 6.35. The molecule has 0 radical (unpaired) electrons. The first-order valence-corrected chi connectivity index (χ1v) is 14.8. The van der Waals surface area contributed by atoms with Crippen molar-refractivity contribution in [1.29, 1.82) is 5.26 Å². The molecule has 0 unspecified atom stereocenters. The number of methoxy groups -OCH3 is 1. The van der Waals surface area contributed by atoms with E-state index in [1.165, 1.54) is 17.2 Å². The highest BCUT2D eigenvalue weighted by Gasteiger charge is 2.34. The first-order valence-electron chi connectivity index (χ1n) is 14.4. The molecule has 2 saturated heterocycles. The molecule has 1 amide bonds. The molecule has 2 aliphatic rings.